The van der Waals surface area contributed by atoms with Crippen LogP contribution in [0.15, 0.2) is 146 Å². The summed E-state index contributed by atoms with van der Waals surface area (Å²) in [7, 11) is 0. The van der Waals surface area contributed by atoms with E-state index >= 15 is 0 Å². The van der Waals surface area contributed by atoms with E-state index in [-0.39, 0.29) is 25.8 Å². The summed E-state index contributed by atoms with van der Waals surface area (Å²) < 4.78 is 2.43. The van der Waals surface area contributed by atoms with E-state index in [1.165, 1.54) is 52.6 Å². The van der Waals surface area contributed by atoms with Crippen LogP contribution in [-0.4, -0.2) is 9.55 Å². The number of aromatic nitrogens is 2. The first-order chi connectivity index (χ1) is 26.6. The first-order valence-electron chi connectivity index (χ1n) is 19.6. The van der Waals surface area contributed by atoms with Crippen LogP contribution in [0.3, 0.4) is 0 Å². The van der Waals surface area contributed by atoms with Crippen molar-refractivity contribution in [3.8, 4) is 11.4 Å². The van der Waals surface area contributed by atoms with Crippen LogP contribution in [0.25, 0.3) is 27.7 Å². The van der Waals surface area contributed by atoms with Crippen LogP contribution >= 0.6 is 0 Å². The third kappa shape index (κ3) is 14.0. The van der Waals surface area contributed by atoms with Gasteiger partial charge in [0, 0.05) is 12.1 Å². The Kier molecular flexibility index (Phi) is 19.4. The molecule has 0 amide bonds. The van der Waals surface area contributed by atoms with E-state index in [0.29, 0.717) is 5.92 Å². The van der Waals surface area contributed by atoms with Crippen LogP contribution in [0.1, 0.15) is 91.3 Å². The molecule has 56 heavy (non-hydrogen) atoms. The summed E-state index contributed by atoms with van der Waals surface area (Å²) in [6.45, 7) is 25.4. The molecule has 0 radical (unpaired) electrons. The van der Waals surface area contributed by atoms with E-state index in [0.717, 1.165) is 52.4 Å². The summed E-state index contributed by atoms with van der Waals surface area (Å²) in [5.41, 5.74) is 13.7. The van der Waals surface area contributed by atoms with Crippen molar-refractivity contribution in [2.24, 2.45) is 0 Å². The van der Waals surface area contributed by atoms with Crippen molar-refractivity contribution >= 4 is 22.4 Å². The van der Waals surface area contributed by atoms with Gasteiger partial charge in [-0.3, -0.25) is 0 Å². The van der Waals surface area contributed by atoms with Gasteiger partial charge in [0.15, 0.2) is 0 Å². The van der Waals surface area contributed by atoms with Crippen molar-refractivity contribution in [3.63, 3.8) is 0 Å². The Balaban J connectivity index is 0.000000306. The third-order valence-electron chi connectivity index (χ3n) is 9.22. The Morgan fingerprint density at radius 3 is 1.54 bits per heavy atom. The molecule has 0 aliphatic heterocycles. The molecule has 0 saturated heterocycles. The van der Waals surface area contributed by atoms with Crippen LogP contribution in [-0.2, 0) is 32.4 Å². The van der Waals surface area contributed by atoms with Gasteiger partial charge in [0.2, 0.25) is 0 Å². The maximum Gasteiger partial charge on any atom is 4.00 e. The minimum atomic E-state index is 0. The Morgan fingerprint density at radius 1 is 0.589 bits per heavy atom. The zero-order valence-electron chi connectivity index (χ0n) is 34.4. The Labute approximate surface area is 357 Å². The van der Waals surface area contributed by atoms with Crippen LogP contribution in [0, 0.1) is 41.5 Å². The summed E-state index contributed by atoms with van der Waals surface area (Å²) >= 11 is 0. The molecule has 0 unspecified atom stereocenters. The molecule has 0 aliphatic rings. The van der Waals surface area contributed by atoms with Gasteiger partial charge in [-0.1, -0.05) is 118 Å². The zero-order valence-corrected chi connectivity index (χ0v) is 38.0. The number of fused-ring (bicyclic) bond motifs is 1. The molecule has 0 N–H and O–H groups in total. The monoisotopic (exact) mass is 905 g/mol. The van der Waals surface area contributed by atoms with Crippen LogP contribution in [0.2, 0.25) is 0 Å². The summed E-state index contributed by atoms with van der Waals surface area (Å²) in [6, 6.07) is 49.1. The number of para-hydroxylation sites is 2. The van der Waals surface area contributed by atoms with Gasteiger partial charge >= 0.3 is 25.8 Å². The molecule has 6 aromatic carbocycles. The zero-order chi connectivity index (χ0) is 39.6. The van der Waals surface area contributed by atoms with Gasteiger partial charge in [-0.15, -0.1) is 47.8 Å². The fraction of sp³-hybridized carbons (Fsp3) is 0.231. The summed E-state index contributed by atoms with van der Waals surface area (Å²) in [6.07, 6.45) is 4.92. The minimum absolute atomic E-state index is 0. The molecule has 7 aromatic rings. The molecule has 0 atom stereocenters. The number of hydrogen-bond donors (Lipinski definition) is 0. The number of benzene rings is 6. The molecule has 286 valence electrons. The molecular weight excluding hydrogens is 845 g/mol. The molecule has 0 aliphatic carbocycles. The van der Waals surface area contributed by atoms with Crippen molar-refractivity contribution < 1.29 is 25.8 Å². The molecule has 3 nitrogen and oxygen atoms in total. The molecule has 1 aromatic heterocycles. The number of nitrogens with zero attached hydrogens (tertiary/aromatic N) is 3. The predicted octanol–water partition coefficient (Wildman–Crippen LogP) is 15.3. The third-order valence-corrected chi connectivity index (χ3v) is 9.22. The van der Waals surface area contributed by atoms with Gasteiger partial charge in [0.25, 0.3) is 0 Å². The fourth-order valence-electron chi connectivity index (χ4n) is 6.51. The first-order valence-corrected chi connectivity index (χ1v) is 19.6. The number of unbranched alkanes of at least 4 members (excludes halogenated alkanes) is 3. The molecule has 0 bridgehead atoms. The maximum atomic E-state index is 5.27. The van der Waals surface area contributed by atoms with Crippen molar-refractivity contribution in [1.29, 1.82) is 0 Å². The minimum Gasteiger partial charge on any atom is -0.656 e. The van der Waals surface area contributed by atoms with Gasteiger partial charge in [0.05, 0.1) is 11.0 Å². The number of hydrogen-bond acceptors (Lipinski definition) is 1. The van der Waals surface area contributed by atoms with Crippen molar-refractivity contribution in [3.05, 3.63) is 211 Å². The van der Waals surface area contributed by atoms with Crippen LogP contribution in [0.5, 0.6) is 0 Å². The number of aryl methyl sites for hydroxylation is 4. The van der Waals surface area contributed by atoms with Gasteiger partial charge in [-0.05, 0) is 50.3 Å². The second kappa shape index (κ2) is 23.9. The quantitative estimate of drug-likeness (QED) is 0.0807. The molecule has 0 spiro atoms. The molecule has 0 saturated carbocycles. The van der Waals surface area contributed by atoms with Gasteiger partial charge < -0.3 is 9.88 Å². The van der Waals surface area contributed by atoms with E-state index in [2.05, 4.69) is 121 Å². The summed E-state index contributed by atoms with van der Waals surface area (Å²) in [4.78, 5) is 5.27. The van der Waals surface area contributed by atoms with Crippen LogP contribution < -0.4 is 0 Å². The second-order valence-electron chi connectivity index (χ2n) is 14.3. The van der Waals surface area contributed by atoms with Crippen molar-refractivity contribution in [2.75, 3.05) is 0 Å². The normalized spacial score (nSPS) is 10.2. The summed E-state index contributed by atoms with van der Waals surface area (Å²) in [5, 5.41) is 5.13. The average Bonchev–Trinajstić information content (AvgIpc) is 3.53. The Bertz CT molecular complexity index is 2040. The maximum absolute atomic E-state index is 5.27. The average molecular weight is 905 g/mol. The van der Waals surface area contributed by atoms with E-state index in [1.54, 1.807) is 0 Å². The van der Waals surface area contributed by atoms with E-state index in [9.17, 15) is 0 Å². The largest absolute Gasteiger partial charge is 4.00 e. The van der Waals surface area contributed by atoms with E-state index in [1.807, 2.05) is 91.0 Å². The van der Waals surface area contributed by atoms with Crippen LogP contribution in [0.4, 0.5) is 11.4 Å². The Hall–Kier alpha value is -4.93. The summed E-state index contributed by atoms with van der Waals surface area (Å²) in [5.74, 6) is 1.49. The number of rotatable bonds is 9. The van der Waals surface area contributed by atoms with Crippen molar-refractivity contribution in [1.82, 2.24) is 9.55 Å². The molecule has 0 fully saturated rings. The molecular formula is C52H59HfN3. The first kappa shape index (κ1) is 45.5. The smallest absolute Gasteiger partial charge is 0.656 e. The molecule has 4 heteroatoms. The molecule has 1 heterocycles. The fourth-order valence-corrected chi connectivity index (χ4v) is 6.51. The molecule has 7 rings (SSSR count). The predicted molar refractivity (Wildman–Crippen MR) is 239 cm³/mol. The van der Waals surface area contributed by atoms with Gasteiger partial charge in [-0.2, -0.15) is 73.9 Å². The SMILES string of the molecule is CCCCCCn1c(-c2c(C)cc(C)cc2C)nc2c([N-]c3ccccc3C(C)C)cccc21.[CH2-]c1ccccc1.[CH2-]c1ccccc1.[CH2-]c1ccccc1.[Hf+4]. The van der Waals surface area contributed by atoms with E-state index < -0.39 is 0 Å². The standard InChI is InChI=1S/C31H38N3.3C7H7.Hf/c1-7-8-9-12-18-34-28-17-13-16-27(32-26-15-11-10-14-25(26)21(2)3)30(28)33-31(34)29-23(5)19-22(4)20-24(29)6;3*1-7-5-3-2-4-6-7;/h10-11,13-17,19-21H,7-9,12,18H2,1-6H3;3*2-6H,1H2;/q4*-1;+4. The van der Waals surface area contributed by atoms with Crippen molar-refractivity contribution in [2.45, 2.75) is 79.7 Å². The topological polar surface area (TPSA) is 31.9 Å². The van der Waals surface area contributed by atoms with Gasteiger partial charge in [-0.25, -0.2) is 4.98 Å². The van der Waals surface area contributed by atoms with E-state index in [4.69, 9.17) is 10.3 Å². The Morgan fingerprint density at radius 2 is 1.07 bits per heavy atom. The number of imidazole rings is 1. The van der Waals surface area contributed by atoms with Gasteiger partial charge in [0.1, 0.15) is 5.82 Å². The second-order valence-corrected chi connectivity index (χ2v) is 14.3.